The lowest BCUT2D eigenvalue weighted by Crippen LogP contribution is -2.44. The second-order valence-electron chi connectivity index (χ2n) is 5.38. The Kier molecular flexibility index (Phi) is 3.99. The minimum absolute atomic E-state index is 0.00986. The molecule has 1 aliphatic carbocycles. The Morgan fingerprint density at radius 1 is 1.33 bits per heavy atom. The van der Waals surface area contributed by atoms with E-state index in [1.807, 2.05) is 0 Å². The molecule has 0 spiro atoms. The van der Waals surface area contributed by atoms with Gasteiger partial charge in [-0.25, -0.2) is 0 Å². The third-order valence-corrected chi connectivity index (χ3v) is 4.10. The van der Waals surface area contributed by atoms with Crippen molar-refractivity contribution >= 4 is 0 Å². The van der Waals surface area contributed by atoms with Crippen molar-refractivity contribution in [3.63, 3.8) is 0 Å². The number of rotatable bonds is 4. The van der Waals surface area contributed by atoms with Gasteiger partial charge in [0.15, 0.2) is 6.29 Å². The van der Waals surface area contributed by atoms with Gasteiger partial charge in [-0.3, -0.25) is 0 Å². The van der Waals surface area contributed by atoms with E-state index in [9.17, 15) is 0 Å². The molecule has 3 rings (SSSR count). The summed E-state index contributed by atoms with van der Waals surface area (Å²) in [5, 5.41) is 0. The molecule has 102 valence electrons. The number of fused-ring (bicyclic) bond motifs is 2. The van der Waals surface area contributed by atoms with Crippen LogP contribution >= 0.6 is 0 Å². The second-order valence-corrected chi connectivity index (χ2v) is 5.38. The molecule has 4 heteroatoms. The van der Waals surface area contributed by atoms with Crippen LogP contribution in [0, 0.1) is 5.92 Å². The van der Waals surface area contributed by atoms with Gasteiger partial charge in [-0.2, -0.15) is 0 Å². The molecule has 2 aliphatic heterocycles. The molecule has 0 N–H and O–H groups in total. The molecule has 0 radical (unpaired) electrons. The fourth-order valence-corrected chi connectivity index (χ4v) is 2.97. The standard InChI is InChI=1S/C14H22O4/c1-15-12-7-11(13-9-17-14(12)18-13)16-8-10-5-3-2-4-6-10/h3,5,10-14H,2,4,6-9H2,1H3/t10?,11-,12+,13+,14-/m0/s1. The zero-order valence-electron chi connectivity index (χ0n) is 10.9. The van der Waals surface area contributed by atoms with Crippen LogP contribution in [-0.2, 0) is 18.9 Å². The quantitative estimate of drug-likeness (QED) is 0.718. The summed E-state index contributed by atoms with van der Waals surface area (Å²) >= 11 is 0. The summed E-state index contributed by atoms with van der Waals surface area (Å²) in [4.78, 5) is 0. The average Bonchev–Trinajstić information content (AvgIpc) is 2.84. The van der Waals surface area contributed by atoms with Gasteiger partial charge >= 0.3 is 0 Å². The van der Waals surface area contributed by atoms with E-state index in [0.717, 1.165) is 13.0 Å². The molecule has 1 unspecified atom stereocenters. The maximum atomic E-state index is 6.05. The number of hydrogen-bond acceptors (Lipinski definition) is 4. The fourth-order valence-electron chi connectivity index (χ4n) is 2.97. The van der Waals surface area contributed by atoms with Gasteiger partial charge in [0, 0.05) is 19.4 Å². The Labute approximate surface area is 108 Å². The van der Waals surface area contributed by atoms with Gasteiger partial charge in [-0.15, -0.1) is 0 Å². The molecule has 0 amide bonds. The molecular formula is C14H22O4. The summed E-state index contributed by atoms with van der Waals surface area (Å²) in [5.41, 5.74) is 0. The summed E-state index contributed by atoms with van der Waals surface area (Å²) in [6, 6.07) is 0. The number of allylic oxidation sites excluding steroid dienone is 1. The smallest absolute Gasteiger partial charge is 0.184 e. The number of methoxy groups -OCH3 is 1. The molecule has 2 fully saturated rings. The highest BCUT2D eigenvalue weighted by Crippen LogP contribution is 2.31. The van der Waals surface area contributed by atoms with Crippen LogP contribution in [0.2, 0.25) is 0 Å². The molecule has 0 aromatic carbocycles. The van der Waals surface area contributed by atoms with Crippen molar-refractivity contribution in [3.05, 3.63) is 12.2 Å². The predicted octanol–water partition coefficient (Wildman–Crippen LogP) is 1.89. The van der Waals surface area contributed by atoms with Crippen molar-refractivity contribution < 1.29 is 18.9 Å². The molecule has 2 bridgehead atoms. The topological polar surface area (TPSA) is 36.9 Å². The first kappa shape index (κ1) is 12.6. The SMILES string of the molecule is CO[C@@H]1C[C@H](OCC2C=CCCC2)[C@H]2CO[C@H]1O2. The van der Waals surface area contributed by atoms with Crippen LogP contribution in [0.4, 0.5) is 0 Å². The summed E-state index contributed by atoms with van der Waals surface area (Å²) in [6.07, 6.45) is 9.19. The van der Waals surface area contributed by atoms with Crippen LogP contribution in [-0.4, -0.2) is 44.9 Å². The normalized spacial score (nSPS) is 43.3. The number of ether oxygens (including phenoxy) is 4. The zero-order valence-corrected chi connectivity index (χ0v) is 10.9. The van der Waals surface area contributed by atoms with E-state index < -0.39 is 0 Å². The molecule has 2 saturated heterocycles. The molecule has 5 atom stereocenters. The van der Waals surface area contributed by atoms with Gasteiger partial charge in [-0.05, 0) is 19.3 Å². The van der Waals surface area contributed by atoms with E-state index >= 15 is 0 Å². The highest BCUT2D eigenvalue weighted by molar-refractivity contribution is 4.94. The molecule has 3 aliphatic rings. The Morgan fingerprint density at radius 3 is 3.06 bits per heavy atom. The van der Waals surface area contributed by atoms with Gasteiger partial charge in [0.25, 0.3) is 0 Å². The molecule has 0 aromatic heterocycles. The Bertz CT molecular complexity index is 304. The van der Waals surface area contributed by atoms with Crippen molar-refractivity contribution in [1.82, 2.24) is 0 Å². The first-order valence-electron chi connectivity index (χ1n) is 6.95. The molecule has 0 saturated carbocycles. The van der Waals surface area contributed by atoms with Crippen LogP contribution in [0.25, 0.3) is 0 Å². The van der Waals surface area contributed by atoms with Crippen LogP contribution in [0.15, 0.2) is 12.2 Å². The second kappa shape index (κ2) is 5.70. The average molecular weight is 254 g/mol. The third kappa shape index (κ3) is 2.62. The van der Waals surface area contributed by atoms with Crippen LogP contribution < -0.4 is 0 Å². The zero-order chi connectivity index (χ0) is 12.4. The van der Waals surface area contributed by atoms with Gasteiger partial charge < -0.3 is 18.9 Å². The van der Waals surface area contributed by atoms with Gasteiger partial charge in [0.2, 0.25) is 0 Å². The summed E-state index contributed by atoms with van der Waals surface area (Å²) < 4.78 is 22.8. The van der Waals surface area contributed by atoms with Crippen molar-refractivity contribution in [3.8, 4) is 0 Å². The lowest BCUT2D eigenvalue weighted by molar-refractivity contribution is -0.200. The largest absolute Gasteiger partial charge is 0.376 e. The fraction of sp³-hybridized carbons (Fsp3) is 0.857. The highest BCUT2D eigenvalue weighted by atomic mass is 16.7. The van der Waals surface area contributed by atoms with Gasteiger partial charge in [0.1, 0.15) is 12.2 Å². The summed E-state index contributed by atoms with van der Waals surface area (Å²) in [5.74, 6) is 0.569. The summed E-state index contributed by atoms with van der Waals surface area (Å²) in [7, 11) is 1.71. The van der Waals surface area contributed by atoms with Gasteiger partial charge in [-0.1, -0.05) is 12.2 Å². The maximum Gasteiger partial charge on any atom is 0.184 e. The molecule has 0 aromatic rings. The van der Waals surface area contributed by atoms with Crippen molar-refractivity contribution in [2.24, 2.45) is 5.92 Å². The minimum Gasteiger partial charge on any atom is -0.376 e. The number of hydrogen-bond donors (Lipinski definition) is 0. The van der Waals surface area contributed by atoms with Crippen LogP contribution in [0.5, 0.6) is 0 Å². The highest BCUT2D eigenvalue weighted by Gasteiger charge is 2.44. The first-order chi connectivity index (χ1) is 8.86. The van der Waals surface area contributed by atoms with Crippen molar-refractivity contribution in [2.75, 3.05) is 20.3 Å². The van der Waals surface area contributed by atoms with E-state index in [2.05, 4.69) is 12.2 Å². The van der Waals surface area contributed by atoms with Crippen LogP contribution in [0.1, 0.15) is 25.7 Å². The van der Waals surface area contributed by atoms with E-state index in [4.69, 9.17) is 18.9 Å². The summed E-state index contributed by atoms with van der Waals surface area (Å²) in [6.45, 7) is 1.43. The minimum atomic E-state index is -0.186. The van der Waals surface area contributed by atoms with Gasteiger partial charge in [0.05, 0.1) is 19.3 Å². The van der Waals surface area contributed by atoms with E-state index in [-0.39, 0.29) is 24.6 Å². The maximum absolute atomic E-state index is 6.05. The Balaban J connectivity index is 1.52. The third-order valence-electron chi connectivity index (χ3n) is 4.10. The lowest BCUT2D eigenvalue weighted by Gasteiger charge is -2.33. The predicted molar refractivity (Wildman–Crippen MR) is 66.2 cm³/mol. The molecule has 18 heavy (non-hydrogen) atoms. The molecule has 4 nitrogen and oxygen atoms in total. The lowest BCUT2D eigenvalue weighted by atomic mass is 9.96. The first-order valence-corrected chi connectivity index (χ1v) is 6.95. The van der Waals surface area contributed by atoms with Crippen LogP contribution in [0.3, 0.4) is 0 Å². The Hall–Kier alpha value is -0.420. The molecular weight excluding hydrogens is 232 g/mol. The Morgan fingerprint density at radius 2 is 2.28 bits per heavy atom. The molecule has 2 heterocycles. The van der Waals surface area contributed by atoms with E-state index in [1.165, 1.54) is 19.3 Å². The van der Waals surface area contributed by atoms with E-state index in [1.54, 1.807) is 7.11 Å². The van der Waals surface area contributed by atoms with Crippen molar-refractivity contribution in [1.29, 1.82) is 0 Å². The van der Waals surface area contributed by atoms with Crippen molar-refractivity contribution in [2.45, 2.75) is 50.3 Å². The van der Waals surface area contributed by atoms with E-state index in [0.29, 0.717) is 12.5 Å². The monoisotopic (exact) mass is 254 g/mol.